The molecule has 2 fully saturated rings. The third-order valence-corrected chi connectivity index (χ3v) is 6.20. The third-order valence-electron chi connectivity index (χ3n) is 6.20. The number of carboxylic acids is 1. The molecule has 1 amide bonds. The number of carbonyl (C=O) groups is 2. The lowest BCUT2D eigenvalue weighted by Crippen LogP contribution is -2.53. The van der Waals surface area contributed by atoms with Crippen LogP contribution in [0.3, 0.4) is 0 Å². The van der Waals surface area contributed by atoms with E-state index < -0.39 is 17.8 Å². The van der Waals surface area contributed by atoms with Gasteiger partial charge >= 0.3 is 5.97 Å². The summed E-state index contributed by atoms with van der Waals surface area (Å²) < 4.78 is 5.98. The number of piperazine rings is 1. The van der Waals surface area contributed by atoms with Gasteiger partial charge in [-0.3, -0.25) is 9.59 Å². The van der Waals surface area contributed by atoms with E-state index in [1.54, 1.807) is 0 Å². The molecule has 6 heteroatoms. The van der Waals surface area contributed by atoms with Crippen molar-refractivity contribution < 1.29 is 19.4 Å². The summed E-state index contributed by atoms with van der Waals surface area (Å²) in [6, 6.07) is 19.6. The van der Waals surface area contributed by atoms with Crippen molar-refractivity contribution in [2.45, 2.75) is 25.4 Å². The van der Waals surface area contributed by atoms with Crippen LogP contribution in [0.25, 0.3) is 0 Å². The molecule has 3 atom stereocenters. The molecule has 30 heavy (non-hydrogen) atoms. The molecule has 1 saturated carbocycles. The summed E-state index contributed by atoms with van der Waals surface area (Å²) in [5, 5.41) is 9.80. The van der Waals surface area contributed by atoms with Crippen molar-refractivity contribution in [3.63, 3.8) is 0 Å². The number of benzene rings is 2. The Balaban J connectivity index is 1.36. The Labute approximate surface area is 177 Å². The predicted octanol–water partition coefficient (Wildman–Crippen LogP) is 3.28. The van der Waals surface area contributed by atoms with Crippen LogP contribution in [0.1, 0.15) is 19.3 Å². The van der Waals surface area contributed by atoms with Gasteiger partial charge in [0.05, 0.1) is 17.9 Å². The summed E-state index contributed by atoms with van der Waals surface area (Å²) in [6.45, 7) is 2.78. The van der Waals surface area contributed by atoms with Crippen molar-refractivity contribution in [2.75, 3.05) is 31.1 Å². The van der Waals surface area contributed by atoms with E-state index in [2.05, 4.69) is 17.0 Å². The normalized spacial score (nSPS) is 24.3. The molecule has 158 valence electrons. The highest BCUT2D eigenvalue weighted by molar-refractivity contribution is 5.85. The number of para-hydroxylation sites is 2. The van der Waals surface area contributed by atoms with Gasteiger partial charge in [-0.1, -0.05) is 36.4 Å². The molecule has 0 radical (unpaired) electrons. The van der Waals surface area contributed by atoms with E-state index in [1.807, 2.05) is 53.4 Å². The van der Waals surface area contributed by atoms with Crippen molar-refractivity contribution in [2.24, 2.45) is 11.8 Å². The molecule has 0 bridgehead atoms. The Kier molecular flexibility index (Phi) is 6.21. The summed E-state index contributed by atoms with van der Waals surface area (Å²) in [7, 11) is 0. The molecule has 1 aliphatic carbocycles. The Morgan fingerprint density at radius 1 is 0.833 bits per heavy atom. The lowest BCUT2D eigenvalue weighted by molar-refractivity contribution is -0.154. The van der Waals surface area contributed by atoms with Gasteiger partial charge in [0.25, 0.3) is 0 Å². The van der Waals surface area contributed by atoms with Crippen LogP contribution in [0, 0.1) is 11.8 Å². The smallest absolute Gasteiger partial charge is 0.307 e. The highest BCUT2D eigenvalue weighted by atomic mass is 16.5. The van der Waals surface area contributed by atoms with E-state index in [0.717, 1.165) is 24.5 Å². The zero-order valence-electron chi connectivity index (χ0n) is 17.0. The van der Waals surface area contributed by atoms with Crippen molar-refractivity contribution in [1.82, 2.24) is 4.90 Å². The first-order valence-electron chi connectivity index (χ1n) is 10.6. The molecule has 0 aromatic heterocycles. The van der Waals surface area contributed by atoms with E-state index >= 15 is 0 Å². The van der Waals surface area contributed by atoms with Crippen molar-refractivity contribution in [3.8, 4) is 5.75 Å². The van der Waals surface area contributed by atoms with Crippen LogP contribution < -0.4 is 9.64 Å². The predicted molar refractivity (Wildman–Crippen MR) is 115 cm³/mol. The standard InChI is InChI=1S/C24H28N2O4/c27-23(26-15-13-25(14-16-26)18-7-3-1-4-8-18)21-12-11-20(17-22(21)24(28)29)30-19-9-5-2-6-10-19/h1-10,20-22H,11-17H2,(H,28,29)/t20-,21+,22+/m1/s1. The van der Waals surface area contributed by atoms with Gasteiger partial charge in [-0.25, -0.2) is 0 Å². The first-order chi connectivity index (χ1) is 14.6. The fourth-order valence-electron chi connectivity index (χ4n) is 4.56. The molecule has 1 N–H and O–H groups in total. The van der Waals surface area contributed by atoms with Gasteiger partial charge in [-0.05, 0) is 43.5 Å². The molecule has 6 nitrogen and oxygen atoms in total. The molecular formula is C24H28N2O4. The Bertz CT molecular complexity index is 850. The van der Waals surface area contributed by atoms with Crippen molar-refractivity contribution in [1.29, 1.82) is 0 Å². The number of carboxylic acid groups (broad SMARTS) is 1. The van der Waals surface area contributed by atoms with E-state index in [-0.39, 0.29) is 12.0 Å². The number of carbonyl (C=O) groups excluding carboxylic acids is 1. The summed E-state index contributed by atoms with van der Waals surface area (Å²) >= 11 is 0. The van der Waals surface area contributed by atoms with Gasteiger partial charge in [0.2, 0.25) is 5.91 Å². The third kappa shape index (κ3) is 4.58. The second-order valence-electron chi connectivity index (χ2n) is 8.07. The average molecular weight is 408 g/mol. The number of hydrogen-bond acceptors (Lipinski definition) is 4. The van der Waals surface area contributed by atoms with E-state index in [9.17, 15) is 14.7 Å². The minimum Gasteiger partial charge on any atom is -0.490 e. The molecule has 2 aromatic rings. The maximum absolute atomic E-state index is 13.2. The summed E-state index contributed by atoms with van der Waals surface area (Å²) in [4.78, 5) is 29.2. The van der Waals surface area contributed by atoms with Crippen LogP contribution in [0.4, 0.5) is 5.69 Å². The molecule has 2 aromatic carbocycles. The van der Waals surface area contributed by atoms with E-state index in [0.29, 0.717) is 32.4 Å². The first kappa shape index (κ1) is 20.3. The number of rotatable bonds is 5. The first-order valence-corrected chi connectivity index (χ1v) is 10.6. The van der Waals surface area contributed by atoms with Gasteiger partial charge in [0.1, 0.15) is 5.75 Å². The topological polar surface area (TPSA) is 70.1 Å². The van der Waals surface area contributed by atoms with Gasteiger partial charge in [-0.15, -0.1) is 0 Å². The molecule has 4 rings (SSSR count). The number of hydrogen-bond donors (Lipinski definition) is 1. The lowest BCUT2D eigenvalue weighted by atomic mass is 9.77. The van der Waals surface area contributed by atoms with Crippen LogP contribution in [0.15, 0.2) is 60.7 Å². The van der Waals surface area contributed by atoms with Crippen LogP contribution in [0.2, 0.25) is 0 Å². The SMILES string of the molecule is O=C(O)[C@H]1C[C@H](Oc2ccccc2)CC[C@@H]1C(=O)N1CCN(c2ccccc2)CC1. The van der Waals surface area contributed by atoms with Gasteiger partial charge in [0, 0.05) is 31.9 Å². The largest absolute Gasteiger partial charge is 0.490 e. The minimum atomic E-state index is -0.905. The number of ether oxygens (including phenoxy) is 1. The number of amides is 1. The molecule has 0 unspecified atom stereocenters. The minimum absolute atomic E-state index is 0.0201. The second kappa shape index (κ2) is 9.20. The highest BCUT2D eigenvalue weighted by Crippen LogP contribution is 2.34. The zero-order valence-corrected chi connectivity index (χ0v) is 17.0. The highest BCUT2D eigenvalue weighted by Gasteiger charge is 2.42. The summed E-state index contributed by atoms with van der Waals surface area (Å²) in [5.74, 6) is -1.35. The van der Waals surface area contributed by atoms with Gasteiger partial charge in [0.15, 0.2) is 0 Å². The monoisotopic (exact) mass is 408 g/mol. The molecule has 1 saturated heterocycles. The molecule has 1 aliphatic heterocycles. The Morgan fingerprint density at radius 2 is 1.47 bits per heavy atom. The van der Waals surface area contributed by atoms with Crippen LogP contribution in [0.5, 0.6) is 5.75 Å². The molecule has 0 spiro atoms. The second-order valence-corrected chi connectivity index (χ2v) is 8.07. The van der Waals surface area contributed by atoms with Crippen molar-refractivity contribution >= 4 is 17.6 Å². The molecule has 1 heterocycles. The number of anilines is 1. The summed E-state index contributed by atoms with van der Waals surface area (Å²) in [6.07, 6.45) is 1.43. The lowest BCUT2D eigenvalue weighted by Gasteiger charge is -2.40. The average Bonchev–Trinajstić information content (AvgIpc) is 2.80. The van der Waals surface area contributed by atoms with Crippen molar-refractivity contribution in [3.05, 3.63) is 60.7 Å². The molecular weight excluding hydrogens is 380 g/mol. The van der Waals surface area contributed by atoms with Crippen LogP contribution >= 0.6 is 0 Å². The summed E-state index contributed by atoms with van der Waals surface area (Å²) in [5.41, 5.74) is 1.16. The number of nitrogens with zero attached hydrogens (tertiary/aromatic N) is 2. The number of aliphatic carboxylic acids is 1. The maximum Gasteiger partial charge on any atom is 0.307 e. The van der Waals surface area contributed by atoms with E-state index in [4.69, 9.17) is 4.74 Å². The molecule has 2 aliphatic rings. The zero-order chi connectivity index (χ0) is 20.9. The van der Waals surface area contributed by atoms with Gasteiger partial charge < -0.3 is 19.6 Å². The van der Waals surface area contributed by atoms with Crippen LogP contribution in [-0.2, 0) is 9.59 Å². The van der Waals surface area contributed by atoms with Crippen LogP contribution in [-0.4, -0.2) is 54.2 Å². The Hall–Kier alpha value is -3.02. The fraction of sp³-hybridized carbons (Fsp3) is 0.417. The Morgan fingerprint density at radius 3 is 2.10 bits per heavy atom. The quantitative estimate of drug-likeness (QED) is 0.822. The maximum atomic E-state index is 13.2. The van der Waals surface area contributed by atoms with Gasteiger partial charge in [-0.2, -0.15) is 0 Å². The van der Waals surface area contributed by atoms with E-state index in [1.165, 1.54) is 0 Å². The fourth-order valence-corrected chi connectivity index (χ4v) is 4.56.